The maximum absolute atomic E-state index is 5.99. The Morgan fingerprint density at radius 2 is 1.73 bits per heavy atom. The number of benzene rings is 2. The molecule has 0 aliphatic rings. The number of para-hydroxylation sites is 1. The lowest BCUT2D eigenvalue weighted by molar-refractivity contribution is 0.242. The molecule has 0 bridgehead atoms. The van der Waals surface area contributed by atoms with Gasteiger partial charge in [0.1, 0.15) is 11.6 Å². The van der Waals surface area contributed by atoms with Crippen LogP contribution >= 0.6 is 11.6 Å². The van der Waals surface area contributed by atoms with Gasteiger partial charge in [-0.3, -0.25) is 0 Å². The van der Waals surface area contributed by atoms with Gasteiger partial charge < -0.3 is 10.1 Å². The van der Waals surface area contributed by atoms with Gasteiger partial charge in [-0.25, -0.2) is 4.98 Å². The molecule has 0 unspecified atom stereocenters. The van der Waals surface area contributed by atoms with Crippen LogP contribution in [0, 0.1) is 0 Å². The molecule has 0 saturated carbocycles. The molecular formula is C17H16ClN3O. The highest BCUT2D eigenvalue weighted by Gasteiger charge is 2.07. The van der Waals surface area contributed by atoms with Crippen LogP contribution in [0.5, 0.6) is 5.75 Å². The van der Waals surface area contributed by atoms with Gasteiger partial charge >= 0.3 is 0 Å². The van der Waals surface area contributed by atoms with Gasteiger partial charge in [0.15, 0.2) is 0 Å². The Hall–Kier alpha value is -2.33. The molecule has 2 aromatic carbocycles. The monoisotopic (exact) mass is 313 g/mol. The molecule has 3 aromatic rings. The Labute approximate surface area is 134 Å². The van der Waals surface area contributed by atoms with Gasteiger partial charge in [-0.05, 0) is 61.8 Å². The van der Waals surface area contributed by atoms with E-state index < -0.39 is 0 Å². The first kappa shape index (κ1) is 14.6. The maximum Gasteiger partial charge on any atom is 0.224 e. The van der Waals surface area contributed by atoms with E-state index in [9.17, 15) is 0 Å². The lowest BCUT2D eigenvalue weighted by Gasteiger charge is -2.12. The lowest BCUT2D eigenvalue weighted by Crippen LogP contribution is -2.05. The molecular weight excluding hydrogens is 298 g/mol. The van der Waals surface area contributed by atoms with Crippen molar-refractivity contribution in [2.24, 2.45) is 0 Å². The molecule has 0 amide bonds. The molecule has 3 rings (SSSR count). The highest BCUT2D eigenvalue weighted by molar-refractivity contribution is 6.28. The van der Waals surface area contributed by atoms with E-state index in [1.165, 1.54) is 0 Å². The van der Waals surface area contributed by atoms with E-state index >= 15 is 0 Å². The summed E-state index contributed by atoms with van der Waals surface area (Å²) in [5.41, 5.74) is 1.72. The van der Waals surface area contributed by atoms with E-state index in [-0.39, 0.29) is 11.4 Å². The van der Waals surface area contributed by atoms with Crippen molar-refractivity contribution in [3.8, 4) is 5.75 Å². The van der Waals surface area contributed by atoms with E-state index in [2.05, 4.69) is 15.3 Å². The summed E-state index contributed by atoms with van der Waals surface area (Å²) < 4.78 is 5.63. The molecule has 0 radical (unpaired) electrons. The zero-order valence-corrected chi connectivity index (χ0v) is 13.1. The second-order valence-corrected chi connectivity index (χ2v) is 5.51. The highest BCUT2D eigenvalue weighted by atomic mass is 35.5. The van der Waals surface area contributed by atoms with Crippen LogP contribution in [0.25, 0.3) is 10.9 Å². The van der Waals surface area contributed by atoms with Crippen molar-refractivity contribution < 1.29 is 4.74 Å². The van der Waals surface area contributed by atoms with Crippen LogP contribution in [0.15, 0.2) is 48.5 Å². The minimum Gasteiger partial charge on any atom is -0.491 e. The molecule has 0 spiro atoms. The average Bonchev–Trinajstić information content (AvgIpc) is 2.48. The van der Waals surface area contributed by atoms with Gasteiger partial charge in [0.05, 0.1) is 11.6 Å². The van der Waals surface area contributed by atoms with E-state index in [4.69, 9.17) is 16.3 Å². The number of hydrogen-bond donors (Lipinski definition) is 1. The fourth-order valence-corrected chi connectivity index (χ4v) is 2.34. The predicted molar refractivity (Wildman–Crippen MR) is 90.0 cm³/mol. The summed E-state index contributed by atoms with van der Waals surface area (Å²) in [6.45, 7) is 4.00. The van der Waals surface area contributed by atoms with Gasteiger partial charge in [0.25, 0.3) is 0 Å². The van der Waals surface area contributed by atoms with Crippen LogP contribution in [0.2, 0.25) is 5.28 Å². The highest BCUT2D eigenvalue weighted by Crippen LogP contribution is 2.26. The molecule has 0 fully saturated rings. The Morgan fingerprint density at radius 3 is 2.45 bits per heavy atom. The summed E-state index contributed by atoms with van der Waals surface area (Å²) in [6, 6.07) is 15.5. The Morgan fingerprint density at radius 1 is 1.00 bits per heavy atom. The molecule has 0 aliphatic heterocycles. The predicted octanol–water partition coefficient (Wildman–Crippen LogP) is 4.81. The first-order chi connectivity index (χ1) is 10.6. The molecule has 1 aromatic heterocycles. The Balaban J connectivity index is 1.90. The molecule has 22 heavy (non-hydrogen) atoms. The fraction of sp³-hybridized carbons (Fsp3) is 0.176. The molecule has 0 aliphatic carbocycles. The molecule has 1 heterocycles. The van der Waals surface area contributed by atoms with Crippen LogP contribution < -0.4 is 10.1 Å². The van der Waals surface area contributed by atoms with Crippen molar-refractivity contribution in [2.45, 2.75) is 20.0 Å². The van der Waals surface area contributed by atoms with Gasteiger partial charge in [0.2, 0.25) is 5.28 Å². The van der Waals surface area contributed by atoms with Gasteiger partial charge in [0, 0.05) is 11.1 Å². The van der Waals surface area contributed by atoms with Crippen LogP contribution in [-0.2, 0) is 0 Å². The smallest absolute Gasteiger partial charge is 0.224 e. The molecule has 5 heteroatoms. The van der Waals surface area contributed by atoms with Crippen molar-refractivity contribution >= 4 is 34.0 Å². The van der Waals surface area contributed by atoms with Crippen molar-refractivity contribution in [2.75, 3.05) is 5.32 Å². The van der Waals surface area contributed by atoms with Gasteiger partial charge in [-0.1, -0.05) is 12.1 Å². The summed E-state index contributed by atoms with van der Waals surface area (Å²) in [7, 11) is 0. The van der Waals surface area contributed by atoms with E-state index in [0.29, 0.717) is 5.82 Å². The van der Waals surface area contributed by atoms with Crippen molar-refractivity contribution in [3.63, 3.8) is 0 Å². The Bertz CT molecular complexity index is 788. The molecule has 0 atom stereocenters. The van der Waals surface area contributed by atoms with E-state index in [1.807, 2.05) is 62.4 Å². The van der Waals surface area contributed by atoms with Crippen LogP contribution in [0.3, 0.4) is 0 Å². The second kappa shape index (κ2) is 6.20. The standard InChI is InChI=1S/C17H16ClN3O/c1-11(2)22-13-9-7-12(8-10-13)19-16-14-5-3-4-6-15(14)20-17(18)21-16/h3-11H,1-2H3,(H,19,20,21). The average molecular weight is 314 g/mol. The van der Waals surface area contributed by atoms with Gasteiger partial charge in [-0.2, -0.15) is 4.98 Å². The first-order valence-electron chi connectivity index (χ1n) is 7.08. The summed E-state index contributed by atoms with van der Waals surface area (Å²) in [5, 5.41) is 4.43. The summed E-state index contributed by atoms with van der Waals surface area (Å²) in [5.74, 6) is 1.53. The number of hydrogen-bond acceptors (Lipinski definition) is 4. The van der Waals surface area contributed by atoms with Crippen molar-refractivity contribution in [1.29, 1.82) is 0 Å². The number of rotatable bonds is 4. The first-order valence-corrected chi connectivity index (χ1v) is 7.45. The summed E-state index contributed by atoms with van der Waals surface area (Å²) in [6.07, 6.45) is 0.156. The minimum atomic E-state index is 0.156. The zero-order valence-electron chi connectivity index (χ0n) is 12.4. The second-order valence-electron chi connectivity index (χ2n) is 5.17. The number of aromatic nitrogens is 2. The number of ether oxygens (including phenoxy) is 1. The number of fused-ring (bicyclic) bond motifs is 1. The molecule has 1 N–H and O–H groups in total. The third-order valence-corrected chi connectivity index (χ3v) is 3.23. The van der Waals surface area contributed by atoms with Crippen molar-refractivity contribution in [3.05, 3.63) is 53.8 Å². The van der Waals surface area contributed by atoms with Crippen molar-refractivity contribution in [1.82, 2.24) is 9.97 Å². The van der Waals surface area contributed by atoms with E-state index in [1.54, 1.807) is 0 Å². The quantitative estimate of drug-likeness (QED) is 0.702. The fourth-order valence-electron chi connectivity index (χ4n) is 2.17. The number of halogens is 1. The normalized spacial score (nSPS) is 10.9. The zero-order chi connectivity index (χ0) is 15.5. The SMILES string of the molecule is CC(C)Oc1ccc(Nc2nc(Cl)nc3ccccc23)cc1. The van der Waals surface area contributed by atoms with Crippen LogP contribution in [-0.4, -0.2) is 16.1 Å². The van der Waals surface area contributed by atoms with Gasteiger partial charge in [-0.15, -0.1) is 0 Å². The maximum atomic E-state index is 5.99. The minimum absolute atomic E-state index is 0.156. The summed E-state index contributed by atoms with van der Waals surface area (Å²) in [4.78, 5) is 8.50. The van der Waals surface area contributed by atoms with Crippen LogP contribution in [0.1, 0.15) is 13.8 Å². The lowest BCUT2D eigenvalue weighted by atomic mass is 10.2. The topological polar surface area (TPSA) is 47.0 Å². The number of nitrogens with one attached hydrogen (secondary N) is 1. The molecule has 112 valence electrons. The largest absolute Gasteiger partial charge is 0.491 e. The third kappa shape index (κ3) is 3.28. The Kier molecular flexibility index (Phi) is 4.11. The third-order valence-electron chi connectivity index (χ3n) is 3.06. The number of anilines is 2. The summed E-state index contributed by atoms with van der Waals surface area (Å²) >= 11 is 5.99. The number of nitrogens with zero attached hydrogens (tertiary/aromatic N) is 2. The molecule has 4 nitrogen and oxygen atoms in total. The molecule has 0 saturated heterocycles. The van der Waals surface area contributed by atoms with Crippen LogP contribution in [0.4, 0.5) is 11.5 Å². The van der Waals surface area contributed by atoms with E-state index in [0.717, 1.165) is 22.3 Å².